The number of aliphatic hydroxyl groups excluding tert-OH is 1. The lowest BCUT2D eigenvalue weighted by molar-refractivity contribution is 0.0598. The zero-order valence-corrected chi connectivity index (χ0v) is 13.6. The molecule has 0 amide bonds. The molecule has 2 unspecified atom stereocenters. The molecule has 0 radical (unpaired) electrons. The van der Waals surface area contributed by atoms with Gasteiger partial charge in [0.2, 0.25) is 0 Å². The Morgan fingerprint density at radius 3 is 2.87 bits per heavy atom. The quantitative estimate of drug-likeness (QED) is 0.878. The van der Waals surface area contributed by atoms with Gasteiger partial charge in [-0.25, -0.2) is 4.79 Å². The topological polar surface area (TPSA) is 62.9 Å². The van der Waals surface area contributed by atoms with Gasteiger partial charge in [0.1, 0.15) is 17.1 Å². The zero-order chi connectivity index (χ0) is 16.6. The number of nitrogens with zero attached hydrogens (tertiary/aromatic N) is 1. The first-order chi connectivity index (χ1) is 11.0. The molecule has 23 heavy (non-hydrogen) atoms. The first-order valence-electron chi connectivity index (χ1n) is 7.65. The fourth-order valence-electron chi connectivity index (χ4n) is 3.25. The lowest BCUT2D eigenvalue weighted by Gasteiger charge is -2.26. The number of aryl methyl sites for hydroxylation is 1. The summed E-state index contributed by atoms with van der Waals surface area (Å²) in [6, 6.07) is 9.68. The van der Waals surface area contributed by atoms with Crippen LogP contribution in [-0.2, 0) is 17.7 Å². The van der Waals surface area contributed by atoms with Crippen LogP contribution in [0.15, 0.2) is 34.7 Å². The first kappa shape index (κ1) is 15.8. The minimum Gasteiger partial charge on any atom is -0.465 e. The number of benzene rings is 1. The van der Waals surface area contributed by atoms with Gasteiger partial charge < -0.3 is 14.3 Å². The third kappa shape index (κ3) is 2.90. The highest BCUT2D eigenvalue weighted by molar-refractivity contribution is 5.90. The van der Waals surface area contributed by atoms with E-state index < -0.39 is 12.1 Å². The van der Waals surface area contributed by atoms with Crippen molar-refractivity contribution in [2.45, 2.75) is 32.0 Å². The highest BCUT2D eigenvalue weighted by Crippen LogP contribution is 2.34. The molecule has 122 valence electrons. The average molecular weight is 315 g/mol. The summed E-state index contributed by atoms with van der Waals surface area (Å²) in [5, 5.41) is 10.5. The van der Waals surface area contributed by atoms with Crippen molar-refractivity contribution in [3.8, 4) is 0 Å². The molecule has 1 N–H and O–H groups in total. The van der Waals surface area contributed by atoms with Gasteiger partial charge in [0.05, 0.1) is 19.8 Å². The lowest BCUT2D eigenvalue weighted by atomic mass is 10.1. The monoisotopic (exact) mass is 315 g/mol. The van der Waals surface area contributed by atoms with Crippen LogP contribution in [0.1, 0.15) is 39.1 Å². The Morgan fingerprint density at radius 1 is 1.43 bits per heavy atom. The largest absolute Gasteiger partial charge is 0.465 e. The van der Waals surface area contributed by atoms with Crippen molar-refractivity contribution in [2.75, 3.05) is 14.2 Å². The summed E-state index contributed by atoms with van der Waals surface area (Å²) in [6.45, 7) is 2.27. The number of hydrogen-bond donors (Lipinski definition) is 1. The maximum Gasteiger partial charge on any atom is 0.341 e. The van der Waals surface area contributed by atoms with Crippen molar-refractivity contribution in [2.24, 2.45) is 0 Å². The molecule has 5 heteroatoms. The van der Waals surface area contributed by atoms with Crippen LogP contribution in [0.2, 0.25) is 0 Å². The van der Waals surface area contributed by atoms with Crippen molar-refractivity contribution in [3.05, 3.63) is 58.5 Å². The summed E-state index contributed by atoms with van der Waals surface area (Å²) >= 11 is 0. The third-order valence-corrected chi connectivity index (χ3v) is 4.51. The van der Waals surface area contributed by atoms with Gasteiger partial charge in [-0.05, 0) is 37.6 Å². The second-order valence-corrected chi connectivity index (χ2v) is 6.00. The number of aliphatic hydroxyl groups is 1. The van der Waals surface area contributed by atoms with Crippen LogP contribution in [0.4, 0.5) is 0 Å². The number of carbonyl (C=O) groups is 1. The van der Waals surface area contributed by atoms with Gasteiger partial charge in [-0.2, -0.15) is 0 Å². The number of hydrogen-bond acceptors (Lipinski definition) is 5. The molecule has 1 aromatic heterocycles. The second-order valence-electron chi connectivity index (χ2n) is 6.00. The van der Waals surface area contributed by atoms with Gasteiger partial charge in [-0.3, -0.25) is 4.90 Å². The maximum atomic E-state index is 11.7. The van der Waals surface area contributed by atoms with E-state index in [0.29, 0.717) is 23.6 Å². The molecule has 0 bridgehead atoms. The Kier molecular flexibility index (Phi) is 4.24. The molecular formula is C18H21NO4. The summed E-state index contributed by atoms with van der Waals surface area (Å²) in [5.74, 6) is 0.845. The molecule has 2 atom stereocenters. The standard InChI is InChI=1S/C18H21NO4/c1-11-15(18(21)22-3)9-13(23-11)10-19(2)16-8-12-6-4-5-7-14(12)17(16)20/h4-7,9,16-17,20H,8,10H2,1-3H3. The Bertz CT molecular complexity index is 722. The van der Waals surface area contributed by atoms with E-state index in [9.17, 15) is 9.90 Å². The van der Waals surface area contributed by atoms with Crippen LogP contribution in [0.3, 0.4) is 0 Å². The highest BCUT2D eigenvalue weighted by Gasteiger charge is 2.33. The van der Waals surface area contributed by atoms with Crippen LogP contribution in [0, 0.1) is 6.92 Å². The Balaban J connectivity index is 1.73. The summed E-state index contributed by atoms with van der Waals surface area (Å²) < 4.78 is 10.4. The van der Waals surface area contributed by atoms with E-state index in [1.165, 1.54) is 12.7 Å². The normalized spacial score (nSPS) is 19.9. The van der Waals surface area contributed by atoms with Gasteiger partial charge in [0.25, 0.3) is 0 Å². The predicted octanol–water partition coefficient (Wildman–Crippen LogP) is 2.46. The number of furan rings is 1. The van der Waals surface area contributed by atoms with Gasteiger partial charge in [0, 0.05) is 6.04 Å². The average Bonchev–Trinajstić information content (AvgIpc) is 3.07. The molecule has 5 nitrogen and oxygen atoms in total. The first-order valence-corrected chi connectivity index (χ1v) is 7.65. The van der Waals surface area contributed by atoms with Crippen molar-refractivity contribution in [1.82, 2.24) is 4.90 Å². The molecule has 1 heterocycles. The molecule has 1 aliphatic rings. The van der Waals surface area contributed by atoms with Crippen molar-refractivity contribution in [3.63, 3.8) is 0 Å². The number of ether oxygens (including phenoxy) is 1. The Hall–Kier alpha value is -2.11. The molecule has 0 saturated carbocycles. The lowest BCUT2D eigenvalue weighted by Crippen LogP contribution is -2.34. The molecule has 2 aromatic rings. The van der Waals surface area contributed by atoms with E-state index in [1.807, 2.05) is 25.2 Å². The minimum absolute atomic E-state index is 0.000571. The Morgan fingerprint density at radius 2 is 2.17 bits per heavy atom. The predicted molar refractivity (Wildman–Crippen MR) is 85.1 cm³/mol. The van der Waals surface area contributed by atoms with Crippen LogP contribution < -0.4 is 0 Å². The number of likely N-dealkylation sites (N-methyl/N-ethyl adjacent to an activating group) is 1. The maximum absolute atomic E-state index is 11.7. The molecule has 3 rings (SSSR count). The van der Waals surface area contributed by atoms with Crippen LogP contribution in [0.5, 0.6) is 0 Å². The zero-order valence-electron chi connectivity index (χ0n) is 13.6. The van der Waals surface area contributed by atoms with Gasteiger partial charge >= 0.3 is 5.97 Å². The summed E-state index contributed by atoms with van der Waals surface area (Å²) in [6.07, 6.45) is 0.296. The minimum atomic E-state index is -0.507. The second kappa shape index (κ2) is 6.18. The number of fused-ring (bicyclic) bond motifs is 1. The third-order valence-electron chi connectivity index (χ3n) is 4.51. The smallest absolute Gasteiger partial charge is 0.341 e. The van der Waals surface area contributed by atoms with E-state index in [4.69, 9.17) is 9.15 Å². The summed E-state index contributed by atoms with van der Waals surface area (Å²) in [5.41, 5.74) is 2.63. The van der Waals surface area contributed by atoms with Gasteiger partial charge in [-0.15, -0.1) is 0 Å². The molecule has 1 aromatic carbocycles. The number of rotatable bonds is 4. The summed E-state index contributed by atoms with van der Waals surface area (Å²) in [4.78, 5) is 13.7. The molecule has 0 spiro atoms. The van der Waals surface area contributed by atoms with Crippen LogP contribution in [0.25, 0.3) is 0 Å². The van der Waals surface area contributed by atoms with E-state index >= 15 is 0 Å². The molecule has 1 aliphatic carbocycles. The number of esters is 1. The van der Waals surface area contributed by atoms with Crippen LogP contribution in [-0.4, -0.2) is 36.2 Å². The van der Waals surface area contributed by atoms with E-state index in [2.05, 4.69) is 11.0 Å². The Labute approximate surface area is 135 Å². The summed E-state index contributed by atoms with van der Waals surface area (Å²) in [7, 11) is 3.31. The van der Waals surface area contributed by atoms with Crippen molar-refractivity contribution < 1.29 is 19.1 Å². The fraction of sp³-hybridized carbons (Fsp3) is 0.389. The highest BCUT2D eigenvalue weighted by atomic mass is 16.5. The molecule has 0 saturated heterocycles. The molecule has 0 aliphatic heterocycles. The van der Waals surface area contributed by atoms with E-state index in [1.54, 1.807) is 13.0 Å². The number of carbonyl (C=O) groups excluding carboxylic acids is 1. The van der Waals surface area contributed by atoms with E-state index in [0.717, 1.165) is 12.0 Å². The SMILES string of the molecule is COC(=O)c1cc(CN(C)C2Cc3ccccc3C2O)oc1C. The molecular weight excluding hydrogens is 294 g/mol. The van der Waals surface area contributed by atoms with E-state index in [-0.39, 0.29) is 6.04 Å². The van der Waals surface area contributed by atoms with Crippen molar-refractivity contribution >= 4 is 5.97 Å². The number of methoxy groups -OCH3 is 1. The fourth-order valence-corrected chi connectivity index (χ4v) is 3.25. The van der Waals surface area contributed by atoms with Gasteiger partial charge in [0.15, 0.2) is 0 Å². The van der Waals surface area contributed by atoms with Gasteiger partial charge in [-0.1, -0.05) is 24.3 Å². The van der Waals surface area contributed by atoms with Crippen molar-refractivity contribution in [1.29, 1.82) is 0 Å². The molecule has 0 fully saturated rings. The van der Waals surface area contributed by atoms with Crippen LogP contribution >= 0.6 is 0 Å².